The van der Waals surface area contributed by atoms with Gasteiger partial charge in [0.1, 0.15) is 5.75 Å². The first kappa shape index (κ1) is 18.8. The minimum atomic E-state index is -0.980. The van der Waals surface area contributed by atoms with Crippen molar-refractivity contribution in [3.63, 3.8) is 0 Å². The lowest BCUT2D eigenvalue weighted by atomic mass is 9.94. The van der Waals surface area contributed by atoms with Crippen LogP contribution < -0.4 is 5.32 Å². The predicted molar refractivity (Wildman–Crippen MR) is 102 cm³/mol. The van der Waals surface area contributed by atoms with Crippen molar-refractivity contribution in [2.75, 3.05) is 6.54 Å². The topological polar surface area (TPSA) is 89.9 Å². The number of carboxylic acid groups (broad SMARTS) is 1. The van der Waals surface area contributed by atoms with Gasteiger partial charge in [0.25, 0.3) is 0 Å². The monoisotopic (exact) mass is 368 g/mol. The molecule has 1 fully saturated rings. The van der Waals surface area contributed by atoms with Crippen molar-refractivity contribution >= 4 is 12.0 Å². The number of phenolic OH excluding ortho intramolecular Hbond substituents is 1. The predicted octanol–water partition coefficient (Wildman–Crippen LogP) is 3.50. The molecule has 0 aromatic heterocycles. The molecule has 2 unspecified atom stereocenters. The molecule has 3 rings (SSSR count). The highest BCUT2D eigenvalue weighted by atomic mass is 16.4. The zero-order valence-electron chi connectivity index (χ0n) is 15.2. The zero-order valence-corrected chi connectivity index (χ0v) is 15.2. The van der Waals surface area contributed by atoms with Gasteiger partial charge in [-0.1, -0.05) is 42.5 Å². The second-order valence-corrected chi connectivity index (χ2v) is 6.90. The highest BCUT2D eigenvalue weighted by molar-refractivity contribution is 5.83. The van der Waals surface area contributed by atoms with Gasteiger partial charge in [0.15, 0.2) is 0 Å². The maximum Gasteiger partial charge on any atom is 0.407 e. The molecule has 0 saturated carbocycles. The molecule has 3 atom stereocenters. The summed E-state index contributed by atoms with van der Waals surface area (Å²) in [6.07, 6.45) is 0.458. The maximum atomic E-state index is 12.9. The first-order valence-corrected chi connectivity index (χ1v) is 9.11. The molecule has 6 heteroatoms. The van der Waals surface area contributed by atoms with Crippen LogP contribution in [0.15, 0.2) is 54.6 Å². The summed E-state index contributed by atoms with van der Waals surface area (Å²) in [6.45, 7) is 2.29. The van der Waals surface area contributed by atoms with E-state index in [0.29, 0.717) is 13.0 Å². The Labute approximate surface area is 158 Å². The van der Waals surface area contributed by atoms with Gasteiger partial charge in [-0.05, 0) is 43.0 Å². The molecule has 1 aliphatic rings. The van der Waals surface area contributed by atoms with Crippen molar-refractivity contribution in [3.8, 4) is 5.75 Å². The number of phenols is 1. The highest BCUT2D eigenvalue weighted by Gasteiger charge is 2.37. The highest BCUT2D eigenvalue weighted by Crippen LogP contribution is 2.31. The smallest absolute Gasteiger partial charge is 0.407 e. The molecule has 3 N–H and O–H groups in total. The van der Waals surface area contributed by atoms with Crippen molar-refractivity contribution < 1.29 is 19.8 Å². The summed E-state index contributed by atoms with van der Waals surface area (Å²) in [4.78, 5) is 25.9. The molecular formula is C21H24N2O4. The van der Waals surface area contributed by atoms with Crippen molar-refractivity contribution in [1.82, 2.24) is 10.2 Å². The summed E-state index contributed by atoms with van der Waals surface area (Å²) in [7, 11) is 0. The average molecular weight is 368 g/mol. The number of rotatable bonds is 5. The van der Waals surface area contributed by atoms with Gasteiger partial charge in [0.2, 0.25) is 5.91 Å². The Morgan fingerprint density at radius 2 is 1.74 bits per heavy atom. The van der Waals surface area contributed by atoms with Crippen molar-refractivity contribution in [3.05, 3.63) is 65.7 Å². The number of amides is 2. The largest absolute Gasteiger partial charge is 0.508 e. The Morgan fingerprint density at radius 1 is 1.07 bits per heavy atom. The van der Waals surface area contributed by atoms with E-state index >= 15 is 0 Å². The van der Waals surface area contributed by atoms with E-state index in [4.69, 9.17) is 0 Å². The van der Waals surface area contributed by atoms with E-state index in [-0.39, 0.29) is 23.6 Å². The van der Waals surface area contributed by atoms with Gasteiger partial charge >= 0.3 is 6.09 Å². The van der Waals surface area contributed by atoms with Crippen LogP contribution in [0.3, 0.4) is 0 Å². The fraction of sp³-hybridized carbons (Fsp3) is 0.333. The quantitative estimate of drug-likeness (QED) is 0.753. The third kappa shape index (κ3) is 4.22. The number of hydrogen-bond acceptors (Lipinski definition) is 3. The van der Waals surface area contributed by atoms with Gasteiger partial charge in [-0.25, -0.2) is 4.79 Å². The number of likely N-dealkylation sites (tertiary alicyclic amines) is 1. The first-order valence-electron chi connectivity index (χ1n) is 9.11. The lowest BCUT2D eigenvalue weighted by Crippen LogP contribution is -2.46. The van der Waals surface area contributed by atoms with E-state index in [1.165, 1.54) is 4.90 Å². The zero-order chi connectivity index (χ0) is 19.4. The Morgan fingerprint density at radius 3 is 2.37 bits per heavy atom. The Kier molecular flexibility index (Phi) is 5.64. The molecule has 1 aliphatic heterocycles. The van der Waals surface area contributed by atoms with E-state index in [9.17, 15) is 19.8 Å². The number of carbonyl (C=O) groups is 2. The second kappa shape index (κ2) is 8.12. The molecule has 6 nitrogen and oxygen atoms in total. The molecule has 2 aromatic rings. The maximum absolute atomic E-state index is 12.9. The summed E-state index contributed by atoms with van der Waals surface area (Å²) < 4.78 is 0. The Balaban J connectivity index is 1.86. The van der Waals surface area contributed by atoms with E-state index in [2.05, 4.69) is 5.32 Å². The lowest BCUT2D eigenvalue weighted by molar-refractivity contribution is -0.123. The number of hydrogen-bond donors (Lipinski definition) is 3. The summed E-state index contributed by atoms with van der Waals surface area (Å²) in [5.74, 6) is -0.384. The molecule has 0 bridgehead atoms. The fourth-order valence-electron chi connectivity index (χ4n) is 3.63. The van der Waals surface area contributed by atoms with Crippen LogP contribution in [0.4, 0.5) is 4.79 Å². The van der Waals surface area contributed by atoms with Crippen LogP contribution >= 0.6 is 0 Å². The molecule has 1 saturated heterocycles. The summed E-state index contributed by atoms with van der Waals surface area (Å²) in [5, 5.41) is 22.1. The number of nitrogens with one attached hydrogen (secondary N) is 1. The number of benzene rings is 2. The summed E-state index contributed by atoms with van der Waals surface area (Å²) in [5.41, 5.74) is 1.68. The normalized spacial score (nSPS) is 18.7. The third-order valence-corrected chi connectivity index (χ3v) is 5.17. The molecule has 2 amide bonds. The van der Waals surface area contributed by atoms with Crippen LogP contribution in [0.25, 0.3) is 0 Å². The van der Waals surface area contributed by atoms with Crippen molar-refractivity contribution in [1.29, 1.82) is 0 Å². The third-order valence-electron chi connectivity index (χ3n) is 5.17. The molecule has 27 heavy (non-hydrogen) atoms. The van der Waals surface area contributed by atoms with E-state index in [1.54, 1.807) is 24.3 Å². The minimum Gasteiger partial charge on any atom is -0.508 e. The standard InChI is InChI=1S/C21H24N2O4/c1-14(15-6-3-2-4-7-15)20(25)22-19(16-9-11-17(24)12-10-16)18-8-5-13-23(18)21(26)27/h2-4,6-7,9-12,14,18-19,24H,5,8,13H2,1H3,(H,22,25)(H,26,27)/t14-,18?,19?/m0/s1. The van der Waals surface area contributed by atoms with Gasteiger partial charge in [-0.2, -0.15) is 0 Å². The van der Waals surface area contributed by atoms with Crippen LogP contribution in [0.5, 0.6) is 5.75 Å². The average Bonchev–Trinajstić information content (AvgIpc) is 3.16. The van der Waals surface area contributed by atoms with Gasteiger partial charge in [0, 0.05) is 6.54 Å². The van der Waals surface area contributed by atoms with Gasteiger partial charge < -0.3 is 20.4 Å². The van der Waals surface area contributed by atoms with Crippen LogP contribution in [-0.4, -0.2) is 39.7 Å². The van der Waals surface area contributed by atoms with Crippen LogP contribution in [0.1, 0.15) is 42.9 Å². The van der Waals surface area contributed by atoms with Crippen molar-refractivity contribution in [2.24, 2.45) is 0 Å². The van der Waals surface area contributed by atoms with Gasteiger partial charge in [0.05, 0.1) is 18.0 Å². The molecule has 1 heterocycles. The van der Waals surface area contributed by atoms with E-state index < -0.39 is 12.1 Å². The first-order chi connectivity index (χ1) is 13.0. The summed E-state index contributed by atoms with van der Waals surface area (Å²) in [6, 6.07) is 15.2. The number of aromatic hydroxyl groups is 1. The van der Waals surface area contributed by atoms with E-state index in [0.717, 1.165) is 17.5 Å². The number of carbonyl (C=O) groups excluding carboxylic acids is 1. The van der Waals surface area contributed by atoms with Crippen LogP contribution in [0.2, 0.25) is 0 Å². The second-order valence-electron chi connectivity index (χ2n) is 6.90. The van der Waals surface area contributed by atoms with E-state index in [1.807, 2.05) is 37.3 Å². The lowest BCUT2D eigenvalue weighted by Gasteiger charge is -2.32. The van der Waals surface area contributed by atoms with Crippen molar-refractivity contribution in [2.45, 2.75) is 37.8 Å². The molecular weight excluding hydrogens is 344 g/mol. The molecule has 0 aliphatic carbocycles. The molecule has 2 aromatic carbocycles. The molecule has 0 spiro atoms. The SMILES string of the molecule is C[C@H](C(=O)NC(c1ccc(O)cc1)C1CCCN1C(=O)O)c1ccccc1. The fourth-order valence-corrected chi connectivity index (χ4v) is 3.63. The summed E-state index contributed by atoms with van der Waals surface area (Å²) >= 11 is 0. The Hall–Kier alpha value is -3.02. The van der Waals surface area contributed by atoms with Gasteiger partial charge in [-0.3, -0.25) is 4.79 Å². The Bertz CT molecular complexity index is 792. The molecule has 0 radical (unpaired) electrons. The van der Waals surface area contributed by atoms with Crippen LogP contribution in [0, 0.1) is 0 Å². The van der Waals surface area contributed by atoms with Gasteiger partial charge in [-0.15, -0.1) is 0 Å². The minimum absolute atomic E-state index is 0.128. The molecule has 142 valence electrons. The number of nitrogens with zero attached hydrogens (tertiary/aromatic N) is 1. The van der Waals surface area contributed by atoms with Crippen LogP contribution in [-0.2, 0) is 4.79 Å².